The summed E-state index contributed by atoms with van der Waals surface area (Å²) in [6, 6.07) is 13.1. The van der Waals surface area contributed by atoms with Crippen molar-refractivity contribution in [3.8, 4) is 5.88 Å². The lowest BCUT2D eigenvalue weighted by atomic mass is 9.87. The number of fused-ring (bicyclic) bond motifs is 1. The predicted molar refractivity (Wildman–Crippen MR) is 143 cm³/mol. The summed E-state index contributed by atoms with van der Waals surface area (Å²) >= 11 is 0. The summed E-state index contributed by atoms with van der Waals surface area (Å²) in [6.07, 6.45) is 3.86. The van der Waals surface area contributed by atoms with Crippen LogP contribution < -0.4 is 20.7 Å². The minimum atomic E-state index is -0.311. The van der Waals surface area contributed by atoms with Crippen LogP contribution in [0.15, 0.2) is 42.5 Å². The quantitative estimate of drug-likeness (QED) is 0.418. The van der Waals surface area contributed by atoms with Crippen LogP contribution in [0.25, 0.3) is 11.0 Å². The number of nitrogens with zero attached hydrogens (tertiary/aromatic N) is 3. The van der Waals surface area contributed by atoms with E-state index >= 15 is 0 Å². The van der Waals surface area contributed by atoms with E-state index in [0.29, 0.717) is 28.4 Å². The van der Waals surface area contributed by atoms with E-state index < -0.39 is 0 Å². The number of carbonyl (C=O) groups excluding carboxylic acids is 1. The van der Waals surface area contributed by atoms with E-state index in [1.807, 2.05) is 42.5 Å². The van der Waals surface area contributed by atoms with Crippen LogP contribution in [0.2, 0.25) is 0 Å². The Balaban J connectivity index is 1.41. The maximum Gasteiger partial charge on any atom is 0.323 e. The van der Waals surface area contributed by atoms with E-state index in [1.54, 1.807) is 7.11 Å². The average molecular weight is 477 g/mol. The molecule has 1 saturated heterocycles. The lowest BCUT2D eigenvalue weighted by Gasteiger charge is -2.26. The normalized spacial score (nSPS) is 14.5. The van der Waals surface area contributed by atoms with Gasteiger partial charge in [-0.2, -0.15) is 0 Å². The van der Waals surface area contributed by atoms with Crippen LogP contribution in [-0.2, 0) is 5.41 Å². The van der Waals surface area contributed by atoms with Crippen molar-refractivity contribution >= 4 is 34.3 Å². The Morgan fingerprint density at radius 1 is 0.943 bits per heavy atom. The largest absolute Gasteiger partial charge is 0.478 e. The number of likely N-dealkylation sites (tertiary alicyclic amines) is 1. The van der Waals surface area contributed by atoms with Gasteiger partial charge < -0.3 is 25.6 Å². The molecule has 0 unspecified atom stereocenters. The number of benzene rings is 2. The van der Waals surface area contributed by atoms with Gasteiger partial charge in [0, 0.05) is 24.5 Å². The zero-order valence-electron chi connectivity index (χ0n) is 21.1. The number of ether oxygens (including phenoxy) is 1. The smallest absolute Gasteiger partial charge is 0.323 e. The Labute approximate surface area is 207 Å². The minimum absolute atomic E-state index is 0.0663. The molecule has 2 amide bonds. The molecule has 35 heavy (non-hydrogen) atoms. The number of carbonyl (C=O) groups is 1. The molecule has 1 aromatic heterocycles. The van der Waals surface area contributed by atoms with Crippen LogP contribution in [-0.4, -0.2) is 54.2 Å². The number of amides is 2. The third kappa shape index (κ3) is 6.60. The molecule has 8 nitrogen and oxygen atoms in total. The molecule has 0 radical (unpaired) electrons. The Morgan fingerprint density at radius 3 is 2.31 bits per heavy atom. The number of hydrogen-bond acceptors (Lipinski definition) is 6. The van der Waals surface area contributed by atoms with Crippen molar-refractivity contribution in [2.75, 3.05) is 49.2 Å². The highest BCUT2D eigenvalue weighted by Gasteiger charge is 2.15. The van der Waals surface area contributed by atoms with Gasteiger partial charge in [0.1, 0.15) is 0 Å². The zero-order valence-corrected chi connectivity index (χ0v) is 21.1. The number of anilines is 3. The van der Waals surface area contributed by atoms with Crippen molar-refractivity contribution in [3.05, 3.63) is 48.0 Å². The molecule has 8 heteroatoms. The van der Waals surface area contributed by atoms with Gasteiger partial charge in [-0.3, -0.25) is 0 Å². The molecule has 0 saturated carbocycles. The first-order valence-electron chi connectivity index (χ1n) is 12.3. The molecule has 2 heterocycles. The molecule has 1 aliphatic rings. The number of urea groups is 1. The van der Waals surface area contributed by atoms with Crippen LogP contribution in [0, 0.1) is 0 Å². The molecule has 1 fully saturated rings. The highest BCUT2D eigenvalue weighted by atomic mass is 16.5. The average Bonchev–Trinajstić information content (AvgIpc) is 2.84. The van der Waals surface area contributed by atoms with Gasteiger partial charge in [-0.25, -0.2) is 14.8 Å². The third-order valence-corrected chi connectivity index (χ3v) is 6.26. The Morgan fingerprint density at radius 2 is 1.63 bits per heavy atom. The fourth-order valence-corrected chi connectivity index (χ4v) is 4.24. The lowest BCUT2D eigenvalue weighted by molar-refractivity contribution is 0.237. The van der Waals surface area contributed by atoms with E-state index in [0.717, 1.165) is 31.9 Å². The van der Waals surface area contributed by atoms with Crippen LogP contribution in [0.4, 0.5) is 22.0 Å². The summed E-state index contributed by atoms with van der Waals surface area (Å²) in [6.45, 7) is 10.5. The van der Waals surface area contributed by atoms with Gasteiger partial charge in [0.05, 0.1) is 18.1 Å². The second kappa shape index (κ2) is 10.9. The number of rotatable bonds is 7. The van der Waals surface area contributed by atoms with Gasteiger partial charge in [-0.1, -0.05) is 39.3 Å². The van der Waals surface area contributed by atoms with E-state index in [1.165, 1.54) is 24.8 Å². The number of piperidine rings is 1. The monoisotopic (exact) mass is 476 g/mol. The summed E-state index contributed by atoms with van der Waals surface area (Å²) in [5, 5.41) is 9.14. The van der Waals surface area contributed by atoms with E-state index in [4.69, 9.17) is 9.72 Å². The minimum Gasteiger partial charge on any atom is -0.478 e. The van der Waals surface area contributed by atoms with Gasteiger partial charge in [0.25, 0.3) is 5.88 Å². The molecule has 0 atom stereocenters. The Bertz CT molecular complexity index is 1150. The van der Waals surface area contributed by atoms with Crippen LogP contribution in [0.3, 0.4) is 0 Å². The molecule has 3 aromatic rings. The van der Waals surface area contributed by atoms with Crippen molar-refractivity contribution in [2.45, 2.75) is 45.4 Å². The maximum absolute atomic E-state index is 12.6. The third-order valence-electron chi connectivity index (χ3n) is 6.26. The second-order valence-corrected chi connectivity index (χ2v) is 10.0. The topological polar surface area (TPSA) is 91.4 Å². The first kappa shape index (κ1) is 24.7. The number of hydrogen-bond donors (Lipinski definition) is 3. The standard InChI is InChI=1S/C27H36N6O2/c1-27(2,3)19-8-10-20(11-9-19)29-26(34)30-21-12-13-22-23(18-21)31-24(25(32-22)35-4)28-14-17-33-15-6-5-7-16-33/h8-13,18H,5-7,14-17H2,1-4H3,(H,28,31)(H2,29,30,34). The molecule has 3 N–H and O–H groups in total. The number of aromatic nitrogens is 2. The van der Waals surface area contributed by atoms with E-state index in [9.17, 15) is 4.79 Å². The first-order valence-corrected chi connectivity index (χ1v) is 12.3. The SMILES string of the molecule is COc1nc2ccc(NC(=O)Nc3ccc(C(C)(C)C)cc3)cc2nc1NCCN1CCCCC1. The molecule has 4 rings (SSSR count). The molecule has 1 aliphatic heterocycles. The molecule has 0 aliphatic carbocycles. The van der Waals surface area contributed by atoms with Crippen LogP contribution >= 0.6 is 0 Å². The summed E-state index contributed by atoms with van der Waals surface area (Å²) in [5.41, 5.74) is 4.04. The highest BCUT2D eigenvalue weighted by molar-refractivity contribution is 6.00. The Kier molecular flexibility index (Phi) is 7.70. The van der Waals surface area contributed by atoms with E-state index in [2.05, 4.69) is 46.6 Å². The van der Waals surface area contributed by atoms with Gasteiger partial charge in [0.2, 0.25) is 0 Å². The van der Waals surface area contributed by atoms with Gasteiger partial charge in [0.15, 0.2) is 5.82 Å². The molecular formula is C27H36N6O2. The molecular weight excluding hydrogens is 440 g/mol. The van der Waals surface area contributed by atoms with Crippen molar-refractivity contribution in [2.24, 2.45) is 0 Å². The first-order chi connectivity index (χ1) is 16.8. The zero-order chi connectivity index (χ0) is 24.8. The molecule has 0 bridgehead atoms. The van der Waals surface area contributed by atoms with Crippen LogP contribution in [0.5, 0.6) is 5.88 Å². The second-order valence-electron chi connectivity index (χ2n) is 10.0. The predicted octanol–water partition coefficient (Wildman–Crippen LogP) is 5.48. The summed E-state index contributed by atoms with van der Waals surface area (Å²) < 4.78 is 5.46. The number of nitrogens with one attached hydrogen (secondary N) is 3. The number of methoxy groups -OCH3 is 1. The summed E-state index contributed by atoms with van der Waals surface area (Å²) in [5.74, 6) is 1.07. The maximum atomic E-state index is 12.6. The Hall–Kier alpha value is -3.39. The van der Waals surface area contributed by atoms with Crippen molar-refractivity contribution < 1.29 is 9.53 Å². The highest BCUT2D eigenvalue weighted by Crippen LogP contribution is 2.26. The van der Waals surface area contributed by atoms with Crippen molar-refractivity contribution in [1.82, 2.24) is 14.9 Å². The van der Waals surface area contributed by atoms with E-state index in [-0.39, 0.29) is 11.4 Å². The fraction of sp³-hybridized carbons (Fsp3) is 0.444. The molecule has 2 aromatic carbocycles. The molecule has 186 valence electrons. The summed E-state index contributed by atoms with van der Waals surface area (Å²) in [7, 11) is 1.60. The summed E-state index contributed by atoms with van der Waals surface area (Å²) in [4.78, 5) is 24.3. The van der Waals surface area contributed by atoms with Gasteiger partial charge in [-0.15, -0.1) is 0 Å². The van der Waals surface area contributed by atoms with Crippen LogP contribution in [0.1, 0.15) is 45.6 Å². The van der Waals surface area contributed by atoms with Crippen molar-refractivity contribution in [1.29, 1.82) is 0 Å². The van der Waals surface area contributed by atoms with Gasteiger partial charge in [-0.05, 0) is 67.2 Å². The molecule has 0 spiro atoms. The van der Waals surface area contributed by atoms with Gasteiger partial charge >= 0.3 is 6.03 Å². The lowest BCUT2D eigenvalue weighted by Crippen LogP contribution is -2.33. The van der Waals surface area contributed by atoms with Crippen molar-refractivity contribution in [3.63, 3.8) is 0 Å². The fourth-order valence-electron chi connectivity index (χ4n) is 4.24.